The number of nitrogens with zero attached hydrogens (tertiary/aromatic N) is 2. The zero-order valence-corrected chi connectivity index (χ0v) is 13.6. The molecule has 0 saturated heterocycles. The molecular weight excluding hydrogens is 312 g/mol. The summed E-state index contributed by atoms with van der Waals surface area (Å²) in [6.07, 6.45) is 0. The van der Waals surface area contributed by atoms with Crippen molar-refractivity contribution in [3.8, 4) is 0 Å². The van der Waals surface area contributed by atoms with Crippen molar-refractivity contribution in [2.75, 3.05) is 12.9 Å². The van der Waals surface area contributed by atoms with Crippen molar-refractivity contribution in [2.24, 2.45) is 0 Å². The van der Waals surface area contributed by atoms with Crippen LogP contribution < -0.4 is 0 Å². The molecule has 2 aromatic rings. The van der Waals surface area contributed by atoms with Gasteiger partial charge in [-0.3, -0.25) is 0 Å². The maximum atomic E-state index is 11.5. The lowest BCUT2D eigenvalue weighted by Gasteiger charge is -2.02. The van der Waals surface area contributed by atoms with Gasteiger partial charge in [0.1, 0.15) is 0 Å². The van der Waals surface area contributed by atoms with E-state index in [-0.39, 0.29) is 5.97 Å². The molecule has 0 aliphatic rings. The standard InChI is InChI=1S/C13H14N2O2S3/c1-3-18-12-14-15-13(20-12)19-8-9-5-4-6-10(7-9)11(16)17-2/h4-7H,3,8H2,1-2H3. The number of carbonyl (C=O) groups is 1. The molecule has 7 heteroatoms. The summed E-state index contributed by atoms with van der Waals surface area (Å²) in [6, 6.07) is 7.45. The SMILES string of the molecule is CCSc1nnc(SCc2cccc(C(=O)OC)c2)s1. The van der Waals surface area contributed by atoms with Crippen LogP contribution in [0.3, 0.4) is 0 Å². The lowest BCUT2D eigenvalue weighted by molar-refractivity contribution is 0.0600. The first-order chi connectivity index (χ1) is 9.72. The fourth-order valence-electron chi connectivity index (χ4n) is 1.49. The van der Waals surface area contributed by atoms with Gasteiger partial charge in [0.25, 0.3) is 0 Å². The number of ether oxygens (including phenoxy) is 1. The molecule has 20 heavy (non-hydrogen) atoms. The second kappa shape index (κ2) is 7.66. The third kappa shape index (κ3) is 4.22. The van der Waals surface area contributed by atoms with Crippen molar-refractivity contribution >= 4 is 40.8 Å². The monoisotopic (exact) mass is 326 g/mol. The number of hydrogen-bond donors (Lipinski definition) is 0. The molecule has 1 aromatic carbocycles. The highest BCUT2D eigenvalue weighted by Crippen LogP contribution is 2.30. The number of rotatable bonds is 6. The molecule has 0 atom stereocenters. The van der Waals surface area contributed by atoms with Crippen LogP contribution in [0.5, 0.6) is 0 Å². The van der Waals surface area contributed by atoms with E-state index in [0.717, 1.165) is 25.7 Å². The molecule has 0 spiro atoms. The van der Waals surface area contributed by atoms with Gasteiger partial charge in [-0.15, -0.1) is 10.2 Å². The highest BCUT2D eigenvalue weighted by molar-refractivity contribution is 8.02. The highest BCUT2D eigenvalue weighted by Gasteiger charge is 2.08. The second-order valence-corrected chi connectivity index (χ2v) is 7.46. The summed E-state index contributed by atoms with van der Waals surface area (Å²) in [6.45, 7) is 2.09. The molecule has 4 nitrogen and oxygen atoms in total. The predicted molar refractivity (Wildman–Crippen MR) is 83.6 cm³/mol. The van der Waals surface area contributed by atoms with Gasteiger partial charge in [0, 0.05) is 5.75 Å². The van der Waals surface area contributed by atoms with Crippen LogP contribution in [-0.2, 0) is 10.5 Å². The van der Waals surface area contributed by atoms with Gasteiger partial charge in [0.15, 0.2) is 8.68 Å². The van der Waals surface area contributed by atoms with Crippen LogP contribution in [0.2, 0.25) is 0 Å². The Morgan fingerprint density at radius 1 is 1.30 bits per heavy atom. The molecule has 0 saturated carbocycles. The molecule has 0 unspecified atom stereocenters. The predicted octanol–water partition coefficient (Wildman–Crippen LogP) is 3.73. The van der Waals surface area contributed by atoms with E-state index in [1.807, 2.05) is 18.2 Å². The quantitative estimate of drug-likeness (QED) is 0.595. The van der Waals surface area contributed by atoms with Crippen LogP contribution >= 0.6 is 34.9 Å². The van der Waals surface area contributed by atoms with E-state index in [2.05, 4.69) is 17.1 Å². The third-order valence-electron chi connectivity index (χ3n) is 2.37. The van der Waals surface area contributed by atoms with Gasteiger partial charge in [-0.25, -0.2) is 4.79 Å². The van der Waals surface area contributed by atoms with Crippen LogP contribution in [0.4, 0.5) is 0 Å². The van der Waals surface area contributed by atoms with E-state index in [4.69, 9.17) is 4.74 Å². The minimum Gasteiger partial charge on any atom is -0.465 e. The lowest BCUT2D eigenvalue weighted by atomic mass is 10.1. The zero-order valence-electron chi connectivity index (χ0n) is 11.2. The van der Waals surface area contributed by atoms with E-state index in [9.17, 15) is 4.79 Å². The topological polar surface area (TPSA) is 52.1 Å². The number of hydrogen-bond acceptors (Lipinski definition) is 7. The number of aromatic nitrogens is 2. The summed E-state index contributed by atoms with van der Waals surface area (Å²) in [5.41, 5.74) is 1.64. The Morgan fingerprint density at radius 2 is 2.05 bits per heavy atom. The molecule has 0 aliphatic heterocycles. The Kier molecular flexibility index (Phi) is 5.87. The Hall–Kier alpha value is -1.05. The van der Waals surface area contributed by atoms with E-state index in [1.54, 1.807) is 40.9 Å². The molecule has 0 amide bonds. The van der Waals surface area contributed by atoms with Gasteiger partial charge in [-0.2, -0.15) is 0 Å². The molecule has 106 valence electrons. The molecule has 0 bridgehead atoms. The van der Waals surface area contributed by atoms with Gasteiger partial charge in [-0.1, -0.05) is 53.9 Å². The number of carbonyl (C=O) groups excluding carboxylic acids is 1. The van der Waals surface area contributed by atoms with Crippen molar-refractivity contribution < 1.29 is 9.53 Å². The molecule has 0 radical (unpaired) electrons. The average Bonchev–Trinajstić information content (AvgIpc) is 2.93. The van der Waals surface area contributed by atoms with Crippen molar-refractivity contribution in [1.82, 2.24) is 10.2 Å². The molecule has 1 heterocycles. The summed E-state index contributed by atoms with van der Waals surface area (Å²) in [7, 11) is 1.39. The number of thioether (sulfide) groups is 2. The third-order valence-corrected chi connectivity index (χ3v) is 5.51. The fourth-order valence-corrected chi connectivity index (χ4v) is 4.35. The molecule has 0 aliphatic carbocycles. The zero-order chi connectivity index (χ0) is 14.4. The van der Waals surface area contributed by atoms with E-state index >= 15 is 0 Å². The Balaban J connectivity index is 1.97. The molecule has 2 rings (SSSR count). The summed E-state index contributed by atoms with van der Waals surface area (Å²) in [5.74, 6) is 1.45. The Labute approximate surface area is 130 Å². The van der Waals surface area contributed by atoms with Gasteiger partial charge < -0.3 is 4.74 Å². The summed E-state index contributed by atoms with van der Waals surface area (Å²) < 4.78 is 6.66. The first-order valence-corrected chi connectivity index (χ1v) is 8.78. The first-order valence-electron chi connectivity index (χ1n) is 5.99. The van der Waals surface area contributed by atoms with Crippen LogP contribution in [0.1, 0.15) is 22.8 Å². The Morgan fingerprint density at radius 3 is 2.75 bits per heavy atom. The van der Waals surface area contributed by atoms with Crippen molar-refractivity contribution in [1.29, 1.82) is 0 Å². The van der Waals surface area contributed by atoms with E-state index in [0.29, 0.717) is 5.56 Å². The Bertz CT molecular complexity index is 587. The maximum Gasteiger partial charge on any atom is 0.337 e. The first kappa shape index (κ1) is 15.3. The second-order valence-electron chi connectivity index (χ2n) is 3.75. The molecule has 1 aromatic heterocycles. The van der Waals surface area contributed by atoms with Crippen molar-refractivity contribution in [3.05, 3.63) is 35.4 Å². The van der Waals surface area contributed by atoms with E-state index in [1.165, 1.54) is 7.11 Å². The minimum atomic E-state index is -0.311. The fraction of sp³-hybridized carbons (Fsp3) is 0.308. The summed E-state index contributed by atoms with van der Waals surface area (Å²) in [5, 5.41) is 8.26. The minimum absolute atomic E-state index is 0.311. The molecule has 0 fully saturated rings. The van der Waals surface area contributed by atoms with Crippen LogP contribution in [0.25, 0.3) is 0 Å². The molecule has 0 N–H and O–H groups in total. The molecular formula is C13H14N2O2S3. The average molecular weight is 326 g/mol. The van der Waals surface area contributed by atoms with Gasteiger partial charge in [0.05, 0.1) is 12.7 Å². The van der Waals surface area contributed by atoms with E-state index < -0.39 is 0 Å². The summed E-state index contributed by atoms with van der Waals surface area (Å²) in [4.78, 5) is 11.5. The van der Waals surface area contributed by atoms with Crippen molar-refractivity contribution in [2.45, 2.75) is 21.4 Å². The lowest BCUT2D eigenvalue weighted by Crippen LogP contribution is -2.01. The van der Waals surface area contributed by atoms with Crippen molar-refractivity contribution in [3.63, 3.8) is 0 Å². The largest absolute Gasteiger partial charge is 0.465 e. The highest BCUT2D eigenvalue weighted by atomic mass is 32.2. The van der Waals surface area contributed by atoms with Crippen LogP contribution in [0.15, 0.2) is 32.9 Å². The summed E-state index contributed by atoms with van der Waals surface area (Å²) >= 11 is 4.93. The van der Waals surface area contributed by atoms with Gasteiger partial charge in [-0.05, 0) is 23.4 Å². The van der Waals surface area contributed by atoms with Gasteiger partial charge >= 0.3 is 5.97 Å². The smallest absolute Gasteiger partial charge is 0.337 e. The normalized spacial score (nSPS) is 10.5. The maximum absolute atomic E-state index is 11.5. The number of benzene rings is 1. The van der Waals surface area contributed by atoms with Gasteiger partial charge in [0.2, 0.25) is 0 Å². The number of methoxy groups -OCH3 is 1. The van der Waals surface area contributed by atoms with Crippen LogP contribution in [-0.4, -0.2) is 29.0 Å². The number of esters is 1. The van der Waals surface area contributed by atoms with Crippen LogP contribution in [0, 0.1) is 0 Å².